The fourth-order valence-corrected chi connectivity index (χ4v) is 5.08. The number of hydrogen-bond donors (Lipinski definition) is 1. The molecule has 5 nitrogen and oxygen atoms in total. The minimum Gasteiger partial charge on any atom is -0.469 e. The maximum absolute atomic E-state index is 13.5. The third kappa shape index (κ3) is 3.98. The summed E-state index contributed by atoms with van der Waals surface area (Å²) in [7, 11) is 0. The molecule has 1 N–H and O–H groups in total. The van der Waals surface area contributed by atoms with Crippen molar-refractivity contribution >= 4 is 11.8 Å². The van der Waals surface area contributed by atoms with Crippen molar-refractivity contribution in [1.29, 1.82) is 0 Å². The summed E-state index contributed by atoms with van der Waals surface area (Å²) in [6.45, 7) is 3.94. The number of dihydropyridines is 1. The lowest BCUT2D eigenvalue weighted by Gasteiger charge is -2.36. The van der Waals surface area contributed by atoms with E-state index in [0.29, 0.717) is 24.0 Å². The van der Waals surface area contributed by atoms with Gasteiger partial charge in [0.05, 0.1) is 18.4 Å². The Labute approximate surface area is 199 Å². The van der Waals surface area contributed by atoms with Gasteiger partial charge in [-0.1, -0.05) is 54.6 Å². The first-order valence-corrected chi connectivity index (χ1v) is 11.7. The average Bonchev–Trinajstić information content (AvgIpc) is 3.39. The van der Waals surface area contributed by atoms with Gasteiger partial charge in [0.15, 0.2) is 5.78 Å². The molecule has 1 aromatic heterocycles. The Kier molecular flexibility index (Phi) is 5.93. The molecule has 0 amide bonds. The van der Waals surface area contributed by atoms with Crippen molar-refractivity contribution in [2.75, 3.05) is 6.61 Å². The van der Waals surface area contributed by atoms with Crippen LogP contribution in [-0.2, 0) is 14.3 Å². The SMILES string of the molecule is CCOC(=O)C1=C(C)NC2=C(C(=O)C[C@@H](c3ccco3)C2)[C@H]1c1ccc(-c2ccccc2)cc1. The van der Waals surface area contributed by atoms with E-state index >= 15 is 0 Å². The first kappa shape index (κ1) is 22.0. The Morgan fingerprint density at radius 2 is 1.74 bits per heavy atom. The Bertz CT molecular complexity index is 1270. The summed E-state index contributed by atoms with van der Waals surface area (Å²) >= 11 is 0. The highest BCUT2D eigenvalue weighted by molar-refractivity contribution is 6.04. The zero-order valence-electron chi connectivity index (χ0n) is 19.3. The van der Waals surface area contributed by atoms with Gasteiger partial charge in [0.1, 0.15) is 5.76 Å². The second-order valence-electron chi connectivity index (χ2n) is 8.74. The van der Waals surface area contributed by atoms with E-state index in [-0.39, 0.29) is 18.3 Å². The molecule has 2 atom stereocenters. The van der Waals surface area contributed by atoms with E-state index < -0.39 is 11.9 Å². The number of hydrogen-bond acceptors (Lipinski definition) is 5. The summed E-state index contributed by atoms with van der Waals surface area (Å²) in [5, 5.41) is 3.36. The van der Waals surface area contributed by atoms with Crippen LogP contribution in [0.5, 0.6) is 0 Å². The van der Waals surface area contributed by atoms with Crippen molar-refractivity contribution in [3.8, 4) is 11.1 Å². The highest BCUT2D eigenvalue weighted by Crippen LogP contribution is 2.46. The number of carbonyl (C=O) groups excluding carboxylic acids is 2. The minimum atomic E-state index is -0.467. The zero-order chi connectivity index (χ0) is 23.7. The minimum absolute atomic E-state index is 0.0215. The van der Waals surface area contributed by atoms with Crippen LogP contribution in [0, 0.1) is 0 Å². The van der Waals surface area contributed by atoms with Crippen molar-refractivity contribution in [3.05, 3.63) is 107 Å². The molecule has 3 aromatic rings. The van der Waals surface area contributed by atoms with Crippen LogP contribution in [0.4, 0.5) is 0 Å². The molecule has 172 valence electrons. The van der Waals surface area contributed by atoms with E-state index in [1.807, 2.05) is 61.5 Å². The predicted molar refractivity (Wildman–Crippen MR) is 130 cm³/mol. The molecule has 5 rings (SSSR count). The van der Waals surface area contributed by atoms with Crippen LogP contribution in [0.2, 0.25) is 0 Å². The van der Waals surface area contributed by atoms with Gasteiger partial charge >= 0.3 is 5.97 Å². The molecule has 0 spiro atoms. The van der Waals surface area contributed by atoms with Gasteiger partial charge in [-0.15, -0.1) is 0 Å². The number of esters is 1. The summed E-state index contributed by atoms with van der Waals surface area (Å²) in [4.78, 5) is 26.6. The largest absolute Gasteiger partial charge is 0.469 e. The summed E-state index contributed by atoms with van der Waals surface area (Å²) < 4.78 is 11.0. The van der Waals surface area contributed by atoms with Crippen molar-refractivity contribution < 1.29 is 18.7 Å². The topological polar surface area (TPSA) is 68.5 Å². The number of allylic oxidation sites excluding steroid dienone is 3. The Morgan fingerprint density at radius 3 is 2.41 bits per heavy atom. The van der Waals surface area contributed by atoms with Gasteiger partial charge < -0.3 is 14.5 Å². The number of benzene rings is 2. The number of Topliss-reactive ketones (excluding diaryl/α,β-unsaturated/α-hetero) is 1. The molecule has 0 unspecified atom stereocenters. The van der Waals surface area contributed by atoms with Crippen molar-refractivity contribution in [1.82, 2.24) is 5.32 Å². The molecule has 34 heavy (non-hydrogen) atoms. The second-order valence-corrected chi connectivity index (χ2v) is 8.74. The number of rotatable bonds is 5. The van der Waals surface area contributed by atoms with Gasteiger partial charge in [-0.3, -0.25) is 4.79 Å². The monoisotopic (exact) mass is 453 g/mol. The molecular formula is C29H27NO4. The predicted octanol–water partition coefficient (Wildman–Crippen LogP) is 5.87. The van der Waals surface area contributed by atoms with Crippen molar-refractivity contribution in [2.45, 2.75) is 38.5 Å². The standard InChI is InChI=1S/C29H27NO4/c1-3-33-29(32)26-18(2)30-23-16-22(25-10-7-15-34-25)17-24(31)28(23)27(26)21-13-11-20(12-14-21)19-8-5-4-6-9-19/h4-15,22,27,30H,3,16-17H2,1-2H3/t22-,27-/m0/s1. The summed E-state index contributed by atoms with van der Waals surface area (Å²) in [5.41, 5.74) is 5.84. The van der Waals surface area contributed by atoms with E-state index in [4.69, 9.17) is 9.15 Å². The smallest absolute Gasteiger partial charge is 0.336 e. The highest BCUT2D eigenvalue weighted by atomic mass is 16.5. The molecule has 2 aromatic carbocycles. The Balaban J connectivity index is 1.57. The molecule has 0 saturated carbocycles. The van der Waals surface area contributed by atoms with Gasteiger partial charge in [0.25, 0.3) is 0 Å². The lowest BCUT2D eigenvalue weighted by Crippen LogP contribution is -2.36. The van der Waals surface area contributed by atoms with Crippen molar-refractivity contribution in [3.63, 3.8) is 0 Å². The van der Waals surface area contributed by atoms with Gasteiger partial charge in [-0.2, -0.15) is 0 Å². The quantitative estimate of drug-likeness (QED) is 0.489. The van der Waals surface area contributed by atoms with Crippen LogP contribution in [0.15, 0.2) is 100.0 Å². The van der Waals surface area contributed by atoms with E-state index in [0.717, 1.165) is 33.8 Å². The zero-order valence-corrected chi connectivity index (χ0v) is 19.3. The third-order valence-electron chi connectivity index (χ3n) is 6.62. The van der Waals surface area contributed by atoms with Crippen LogP contribution in [0.1, 0.15) is 49.8 Å². The number of carbonyl (C=O) groups is 2. The molecule has 0 bridgehead atoms. The van der Waals surface area contributed by atoms with Crippen LogP contribution >= 0.6 is 0 Å². The highest BCUT2D eigenvalue weighted by Gasteiger charge is 2.41. The molecule has 2 heterocycles. The Morgan fingerprint density at radius 1 is 1.00 bits per heavy atom. The molecule has 5 heteroatoms. The van der Waals surface area contributed by atoms with Gasteiger partial charge in [0, 0.05) is 35.2 Å². The van der Waals surface area contributed by atoms with Crippen molar-refractivity contribution in [2.24, 2.45) is 0 Å². The molecule has 1 aliphatic carbocycles. The molecule has 0 fully saturated rings. The van der Waals surface area contributed by atoms with E-state index in [1.54, 1.807) is 13.2 Å². The van der Waals surface area contributed by atoms with E-state index in [1.165, 1.54) is 0 Å². The average molecular weight is 454 g/mol. The van der Waals surface area contributed by atoms with Gasteiger partial charge in [-0.05, 0) is 49.1 Å². The first-order valence-electron chi connectivity index (χ1n) is 11.7. The summed E-state index contributed by atoms with van der Waals surface area (Å²) in [5.74, 6) is -0.0426. The third-order valence-corrected chi connectivity index (χ3v) is 6.62. The maximum Gasteiger partial charge on any atom is 0.336 e. The number of ketones is 1. The van der Waals surface area contributed by atoms with Gasteiger partial charge in [-0.25, -0.2) is 4.79 Å². The molecular weight excluding hydrogens is 426 g/mol. The Hall–Kier alpha value is -3.86. The molecule has 0 saturated heterocycles. The number of ether oxygens (including phenoxy) is 1. The van der Waals surface area contributed by atoms with Gasteiger partial charge in [0.2, 0.25) is 0 Å². The fourth-order valence-electron chi connectivity index (χ4n) is 5.08. The normalized spacial score (nSPS) is 20.1. The molecule has 0 radical (unpaired) electrons. The lowest BCUT2D eigenvalue weighted by molar-refractivity contribution is -0.138. The van der Waals surface area contributed by atoms with Crippen LogP contribution < -0.4 is 5.32 Å². The van der Waals surface area contributed by atoms with Crippen LogP contribution in [0.3, 0.4) is 0 Å². The van der Waals surface area contributed by atoms with E-state index in [9.17, 15) is 9.59 Å². The lowest BCUT2D eigenvalue weighted by atomic mass is 9.72. The summed E-state index contributed by atoms with van der Waals surface area (Å²) in [6.07, 6.45) is 2.64. The fraction of sp³-hybridized carbons (Fsp3) is 0.241. The second kappa shape index (κ2) is 9.18. The molecule has 1 aliphatic heterocycles. The maximum atomic E-state index is 13.5. The first-order chi connectivity index (χ1) is 16.6. The number of furan rings is 1. The summed E-state index contributed by atoms with van der Waals surface area (Å²) in [6, 6.07) is 22.0. The van der Waals surface area contributed by atoms with Crippen LogP contribution in [-0.4, -0.2) is 18.4 Å². The van der Waals surface area contributed by atoms with E-state index in [2.05, 4.69) is 17.4 Å². The number of nitrogens with one attached hydrogen (secondary N) is 1. The molecule has 2 aliphatic rings. The van der Waals surface area contributed by atoms with Crippen LogP contribution in [0.25, 0.3) is 11.1 Å².